The first-order valence-electron chi connectivity index (χ1n) is 5.49. The van der Waals surface area contributed by atoms with E-state index in [2.05, 4.69) is 16.0 Å². The van der Waals surface area contributed by atoms with Crippen LogP contribution in [0.4, 0.5) is 0 Å². The van der Waals surface area contributed by atoms with Crippen LogP contribution in [0.15, 0.2) is 24.4 Å². The third kappa shape index (κ3) is 2.63. The van der Waals surface area contributed by atoms with Crippen molar-refractivity contribution in [3.63, 3.8) is 0 Å². The minimum absolute atomic E-state index is 0.444. The Morgan fingerprint density at radius 1 is 1.50 bits per heavy atom. The fourth-order valence-electron chi connectivity index (χ4n) is 1.69. The summed E-state index contributed by atoms with van der Waals surface area (Å²) in [5.41, 5.74) is 1.70. The molecule has 0 atom stereocenters. The molecule has 1 aromatic heterocycles. The van der Waals surface area contributed by atoms with Gasteiger partial charge >= 0.3 is 0 Å². The smallest absolute Gasteiger partial charge is 0.128 e. The highest BCUT2D eigenvalue weighted by atomic mass is 35.5. The molecule has 92 valence electrons. The third-order valence-corrected chi connectivity index (χ3v) is 2.79. The second kappa shape index (κ2) is 5.56. The van der Waals surface area contributed by atoms with Crippen molar-refractivity contribution in [1.29, 1.82) is 5.26 Å². The van der Waals surface area contributed by atoms with Gasteiger partial charge in [-0.25, -0.2) is 4.98 Å². The fourth-order valence-corrected chi connectivity index (χ4v) is 1.86. The standard InChI is InChI=1S/C13H12ClN3O/c1-18-12-5-4-9(14)7-10(12)11-8-16-13(17-11)3-2-6-15/h4-5,7-8H,2-3H2,1H3,(H,16,17). The van der Waals surface area contributed by atoms with Crippen molar-refractivity contribution in [3.05, 3.63) is 35.2 Å². The van der Waals surface area contributed by atoms with Crippen molar-refractivity contribution in [3.8, 4) is 23.1 Å². The molecular weight excluding hydrogens is 250 g/mol. The molecule has 0 amide bonds. The molecular formula is C13H12ClN3O. The SMILES string of the molecule is COc1ccc(Cl)cc1-c1cnc(CCC#N)[nH]1. The van der Waals surface area contributed by atoms with E-state index in [1.54, 1.807) is 19.4 Å². The quantitative estimate of drug-likeness (QED) is 0.919. The molecule has 0 spiro atoms. The molecule has 1 heterocycles. The van der Waals surface area contributed by atoms with E-state index in [9.17, 15) is 0 Å². The van der Waals surface area contributed by atoms with Crippen LogP contribution < -0.4 is 4.74 Å². The summed E-state index contributed by atoms with van der Waals surface area (Å²) in [4.78, 5) is 7.40. The van der Waals surface area contributed by atoms with Crippen LogP contribution in [0.3, 0.4) is 0 Å². The van der Waals surface area contributed by atoms with Crippen molar-refractivity contribution < 1.29 is 4.74 Å². The molecule has 0 bridgehead atoms. The van der Waals surface area contributed by atoms with E-state index in [4.69, 9.17) is 21.6 Å². The number of imidazole rings is 1. The van der Waals surface area contributed by atoms with Crippen molar-refractivity contribution in [2.24, 2.45) is 0 Å². The van der Waals surface area contributed by atoms with Gasteiger partial charge in [-0.05, 0) is 18.2 Å². The number of nitrogens with zero attached hydrogens (tertiary/aromatic N) is 2. The van der Waals surface area contributed by atoms with Gasteiger partial charge < -0.3 is 9.72 Å². The van der Waals surface area contributed by atoms with Crippen LogP contribution in [-0.4, -0.2) is 17.1 Å². The molecule has 4 nitrogen and oxygen atoms in total. The first-order chi connectivity index (χ1) is 8.74. The molecule has 0 unspecified atom stereocenters. The molecule has 0 aliphatic carbocycles. The normalized spacial score (nSPS) is 10.1. The number of aromatic amines is 1. The van der Waals surface area contributed by atoms with Gasteiger partial charge in [-0.2, -0.15) is 5.26 Å². The maximum absolute atomic E-state index is 8.54. The lowest BCUT2D eigenvalue weighted by molar-refractivity contribution is 0.416. The monoisotopic (exact) mass is 261 g/mol. The number of methoxy groups -OCH3 is 1. The summed E-state index contributed by atoms with van der Waals surface area (Å²) < 4.78 is 5.29. The zero-order valence-corrected chi connectivity index (χ0v) is 10.7. The average molecular weight is 262 g/mol. The largest absolute Gasteiger partial charge is 0.496 e. The van der Waals surface area contributed by atoms with Gasteiger partial charge in [0.1, 0.15) is 11.6 Å². The Balaban J connectivity index is 2.33. The molecule has 0 aliphatic heterocycles. The molecule has 0 saturated carbocycles. The van der Waals surface area contributed by atoms with Crippen LogP contribution in [0.5, 0.6) is 5.75 Å². The highest BCUT2D eigenvalue weighted by Gasteiger charge is 2.09. The lowest BCUT2D eigenvalue weighted by Crippen LogP contribution is -1.89. The minimum atomic E-state index is 0.444. The number of hydrogen-bond donors (Lipinski definition) is 1. The van der Waals surface area contributed by atoms with Crippen LogP contribution in [0.25, 0.3) is 11.3 Å². The van der Waals surface area contributed by atoms with Crippen LogP contribution in [-0.2, 0) is 6.42 Å². The Hall–Kier alpha value is -1.99. The molecule has 5 heteroatoms. The number of aryl methyl sites for hydroxylation is 1. The maximum atomic E-state index is 8.54. The first-order valence-corrected chi connectivity index (χ1v) is 5.87. The number of nitrogens with one attached hydrogen (secondary N) is 1. The van der Waals surface area contributed by atoms with Gasteiger partial charge in [0.05, 0.1) is 25.1 Å². The van der Waals surface area contributed by atoms with Gasteiger partial charge in [-0.15, -0.1) is 0 Å². The summed E-state index contributed by atoms with van der Waals surface area (Å²) in [5.74, 6) is 1.52. The van der Waals surface area contributed by atoms with E-state index in [0.717, 1.165) is 22.8 Å². The van der Waals surface area contributed by atoms with Gasteiger partial charge in [0, 0.05) is 23.4 Å². The van der Waals surface area contributed by atoms with E-state index >= 15 is 0 Å². The van der Waals surface area contributed by atoms with Crippen molar-refractivity contribution in [2.45, 2.75) is 12.8 Å². The summed E-state index contributed by atoms with van der Waals surface area (Å²) in [7, 11) is 1.61. The number of H-pyrrole nitrogens is 1. The average Bonchev–Trinajstić information content (AvgIpc) is 2.85. The Bertz CT molecular complexity index is 586. The van der Waals surface area contributed by atoms with Crippen molar-refractivity contribution in [1.82, 2.24) is 9.97 Å². The number of nitriles is 1. The third-order valence-electron chi connectivity index (χ3n) is 2.55. The van der Waals surface area contributed by atoms with Crippen LogP contribution in [0.2, 0.25) is 5.02 Å². The molecule has 1 aromatic carbocycles. The predicted octanol–water partition coefficient (Wildman–Crippen LogP) is 3.19. The predicted molar refractivity (Wildman–Crippen MR) is 69.5 cm³/mol. The summed E-state index contributed by atoms with van der Waals surface area (Å²) in [6.45, 7) is 0. The van der Waals surface area contributed by atoms with Gasteiger partial charge in [-0.3, -0.25) is 0 Å². The van der Waals surface area contributed by atoms with E-state index in [-0.39, 0.29) is 0 Å². The van der Waals surface area contributed by atoms with Crippen molar-refractivity contribution >= 4 is 11.6 Å². The summed E-state index contributed by atoms with van der Waals surface area (Å²) in [6, 6.07) is 7.50. The number of ether oxygens (including phenoxy) is 1. The molecule has 18 heavy (non-hydrogen) atoms. The molecule has 0 fully saturated rings. The fraction of sp³-hybridized carbons (Fsp3) is 0.231. The highest BCUT2D eigenvalue weighted by Crippen LogP contribution is 2.31. The zero-order valence-electron chi connectivity index (χ0n) is 9.90. The number of rotatable bonds is 4. The zero-order chi connectivity index (χ0) is 13.0. The molecule has 0 saturated heterocycles. The topological polar surface area (TPSA) is 61.7 Å². The summed E-state index contributed by atoms with van der Waals surface area (Å²) >= 11 is 5.98. The second-order valence-corrected chi connectivity index (χ2v) is 4.18. The number of halogens is 1. The second-order valence-electron chi connectivity index (χ2n) is 3.75. The van der Waals surface area contributed by atoms with E-state index < -0.39 is 0 Å². The van der Waals surface area contributed by atoms with E-state index in [1.807, 2.05) is 12.1 Å². The van der Waals surface area contributed by atoms with Crippen LogP contribution in [0.1, 0.15) is 12.2 Å². The Labute approximate surface area is 110 Å². The number of hydrogen-bond acceptors (Lipinski definition) is 3. The van der Waals surface area contributed by atoms with Gasteiger partial charge in [0.2, 0.25) is 0 Å². The van der Waals surface area contributed by atoms with Gasteiger partial charge in [0.15, 0.2) is 0 Å². The van der Waals surface area contributed by atoms with E-state index in [0.29, 0.717) is 17.9 Å². The molecule has 1 N–H and O–H groups in total. The first kappa shape index (κ1) is 12.5. The Kier molecular flexibility index (Phi) is 3.85. The van der Waals surface area contributed by atoms with Gasteiger partial charge in [-0.1, -0.05) is 11.6 Å². The minimum Gasteiger partial charge on any atom is -0.496 e. The maximum Gasteiger partial charge on any atom is 0.128 e. The summed E-state index contributed by atoms with van der Waals surface area (Å²) in [6.07, 6.45) is 2.78. The molecule has 0 aliphatic rings. The lowest BCUT2D eigenvalue weighted by Gasteiger charge is -2.06. The number of benzene rings is 1. The summed E-state index contributed by atoms with van der Waals surface area (Å²) in [5, 5.41) is 9.18. The Morgan fingerprint density at radius 2 is 2.33 bits per heavy atom. The van der Waals surface area contributed by atoms with Crippen molar-refractivity contribution in [2.75, 3.05) is 7.11 Å². The molecule has 2 rings (SSSR count). The molecule has 2 aromatic rings. The molecule has 0 radical (unpaired) electrons. The lowest BCUT2D eigenvalue weighted by atomic mass is 10.1. The van der Waals surface area contributed by atoms with Crippen LogP contribution >= 0.6 is 11.6 Å². The highest BCUT2D eigenvalue weighted by molar-refractivity contribution is 6.30. The Morgan fingerprint density at radius 3 is 3.06 bits per heavy atom. The van der Waals surface area contributed by atoms with E-state index in [1.165, 1.54) is 0 Å². The van der Waals surface area contributed by atoms with Crippen LogP contribution in [0, 0.1) is 11.3 Å². The van der Waals surface area contributed by atoms with Gasteiger partial charge in [0.25, 0.3) is 0 Å². The number of aromatic nitrogens is 2.